The van der Waals surface area contributed by atoms with Crippen molar-refractivity contribution in [2.24, 2.45) is 0 Å². The van der Waals surface area contributed by atoms with E-state index in [1.54, 1.807) is 22.6 Å². The van der Waals surface area contributed by atoms with Crippen LogP contribution >= 0.6 is 0 Å². The molecule has 7 heteroatoms. The Bertz CT molecular complexity index is 1020. The minimum Gasteiger partial charge on any atom is -0.482 e. The lowest BCUT2D eigenvalue weighted by Gasteiger charge is -2.29. The van der Waals surface area contributed by atoms with Gasteiger partial charge in [0.2, 0.25) is 0 Å². The highest BCUT2D eigenvalue weighted by Gasteiger charge is 2.27. The summed E-state index contributed by atoms with van der Waals surface area (Å²) in [6.07, 6.45) is 1.73. The molecule has 0 bridgehead atoms. The second kappa shape index (κ2) is 6.45. The number of pyridine rings is 1. The SMILES string of the molecule is O=C(NO)c1ccc2c(c1)N(Cc1cnc3ccccc3c1)C(=O)CO2. The van der Waals surface area contributed by atoms with Crippen LogP contribution in [0.25, 0.3) is 10.9 Å². The van der Waals surface area contributed by atoms with Crippen molar-refractivity contribution in [2.45, 2.75) is 6.54 Å². The van der Waals surface area contributed by atoms with E-state index in [4.69, 9.17) is 9.94 Å². The third kappa shape index (κ3) is 2.84. The quantitative estimate of drug-likeness (QED) is 0.559. The van der Waals surface area contributed by atoms with Crippen LogP contribution < -0.4 is 15.1 Å². The van der Waals surface area contributed by atoms with E-state index in [1.807, 2.05) is 30.3 Å². The maximum atomic E-state index is 12.4. The summed E-state index contributed by atoms with van der Waals surface area (Å²) in [5.41, 5.74) is 4.04. The van der Waals surface area contributed by atoms with Crippen LogP contribution in [0.1, 0.15) is 15.9 Å². The zero-order valence-electron chi connectivity index (χ0n) is 13.7. The lowest BCUT2D eigenvalue weighted by molar-refractivity contribution is -0.121. The second-order valence-electron chi connectivity index (χ2n) is 5.93. The third-order valence-electron chi connectivity index (χ3n) is 4.25. The van der Waals surface area contributed by atoms with Crippen molar-refractivity contribution in [3.63, 3.8) is 0 Å². The molecule has 0 atom stereocenters. The second-order valence-corrected chi connectivity index (χ2v) is 5.93. The van der Waals surface area contributed by atoms with Crippen molar-refractivity contribution >= 4 is 28.4 Å². The van der Waals surface area contributed by atoms with Crippen LogP contribution in [-0.2, 0) is 11.3 Å². The van der Waals surface area contributed by atoms with Crippen molar-refractivity contribution in [3.05, 3.63) is 65.9 Å². The molecule has 1 aliphatic heterocycles. The Labute approximate surface area is 148 Å². The number of aromatic nitrogens is 1. The lowest BCUT2D eigenvalue weighted by atomic mass is 10.1. The van der Waals surface area contributed by atoms with Gasteiger partial charge in [-0.25, -0.2) is 5.48 Å². The van der Waals surface area contributed by atoms with Crippen molar-refractivity contribution in [2.75, 3.05) is 11.5 Å². The monoisotopic (exact) mass is 349 g/mol. The Morgan fingerprint density at radius 2 is 2.08 bits per heavy atom. The van der Waals surface area contributed by atoms with E-state index in [1.165, 1.54) is 12.1 Å². The number of nitrogens with zero attached hydrogens (tertiary/aromatic N) is 2. The predicted molar refractivity (Wildman–Crippen MR) is 94.1 cm³/mol. The zero-order chi connectivity index (χ0) is 18.1. The van der Waals surface area contributed by atoms with Gasteiger partial charge in [-0.1, -0.05) is 18.2 Å². The fourth-order valence-electron chi connectivity index (χ4n) is 2.97. The normalized spacial score (nSPS) is 13.3. The number of carbonyl (C=O) groups excluding carboxylic acids is 2. The van der Waals surface area contributed by atoms with E-state index in [2.05, 4.69) is 4.98 Å². The first kappa shape index (κ1) is 16.0. The molecule has 2 amide bonds. The van der Waals surface area contributed by atoms with Gasteiger partial charge in [-0.2, -0.15) is 0 Å². The first-order chi connectivity index (χ1) is 12.7. The first-order valence-corrected chi connectivity index (χ1v) is 8.01. The fraction of sp³-hybridized carbons (Fsp3) is 0.105. The summed E-state index contributed by atoms with van der Waals surface area (Å²) in [6.45, 7) is 0.233. The summed E-state index contributed by atoms with van der Waals surface area (Å²) >= 11 is 0. The molecule has 0 aliphatic carbocycles. The highest BCUT2D eigenvalue weighted by molar-refractivity contribution is 6.01. The Balaban J connectivity index is 1.71. The zero-order valence-corrected chi connectivity index (χ0v) is 13.7. The standard InChI is InChI=1S/C19H15N3O4/c23-18-11-26-17-6-5-14(19(24)21-25)8-16(17)22(18)10-12-7-13-3-1-2-4-15(13)20-9-12/h1-9,25H,10-11H2,(H,21,24). The number of hydrogen-bond acceptors (Lipinski definition) is 5. The van der Waals surface area contributed by atoms with Gasteiger partial charge in [0.25, 0.3) is 11.8 Å². The molecule has 2 heterocycles. The number of ether oxygens (including phenoxy) is 1. The third-order valence-corrected chi connectivity index (χ3v) is 4.25. The van der Waals surface area contributed by atoms with Gasteiger partial charge in [-0.15, -0.1) is 0 Å². The maximum absolute atomic E-state index is 12.4. The molecule has 1 aliphatic rings. The number of amides is 2. The molecule has 130 valence electrons. The molecule has 0 fully saturated rings. The van der Waals surface area contributed by atoms with Gasteiger partial charge in [-0.3, -0.25) is 19.8 Å². The molecule has 0 saturated heterocycles. The lowest BCUT2D eigenvalue weighted by Crippen LogP contribution is -2.38. The van der Waals surface area contributed by atoms with Crippen LogP contribution in [-0.4, -0.2) is 28.6 Å². The van der Waals surface area contributed by atoms with E-state index < -0.39 is 5.91 Å². The first-order valence-electron chi connectivity index (χ1n) is 8.01. The molecular formula is C19H15N3O4. The summed E-state index contributed by atoms with van der Waals surface area (Å²) in [5, 5.41) is 9.81. The Kier molecular flexibility index (Phi) is 3.98. The van der Waals surface area contributed by atoms with Crippen molar-refractivity contribution < 1.29 is 19.5 Å². The van der Waals surface area contributed by atoms with Gasteiger partial charge in [-0.05, 0) is 35.9 Å². The fourth-order valence-corrected chi connectivity index (χ4v) is 2.97. The van der Waals surface area contributed by atoms with Crippen LogP contribution in [0.3, 0.4) is 0 Å². The summed E-state index contributed by atoms with van der Waals surface area (Å²) in [5.74, 6) is -0.363. The Morgan fingerprint density at radius 1 is 1.23 bits per heavy atom. The number of nitrogens with one attached hydrogen (secondary N) is 1. The van der Waals surface area contributed by atoms with Gasteiger partial charge in [0.1, 0.15) is 5.75 Å². The Morgan fingerprint density at radius 3 is 2.92 bits per heavy atom. The minimum absolute atomic E-state index is 0.0699. The molecule has 4 rings (SSSR count). The number of fused-ring (bicyclic) bond motifs is 2. The van der Waals surface area contributed by atoms with Crippen molar-refractivity contribution in [1.29, 1.82) is 0 Å². The smallest absolute Gasteiger partial charge is 0.274 e. The number of rotatable bonds is 3. The van der Waals surface area contributed by atoms with Crippen LogP contribution in [0.2, 0.25) is 0 Å². The van der Waals surface area contributed by atoms with Gasteiger partial charge >= 0.3 is 0 Å². The van der Waals surface area contributed by atoms with Gasteiger partial charge < -0.3 is 9.64 Å². The summed E-state index contributed by atoms with van der Waals surface area (Å²) in [6, 6.07) is 14.4. The summed E-state index contributed by atoms with van der Waals surface area (Å²) < 4.78 is 5.44. The molecule has 0 saturated carbocycles. The number of anilines is 1. The number of para-hydroxylation sites is 1. The van der Waals surface area contributed by atoms with Crippen LogP contribution in [0.5, 0.6) is 5.75 Å². The molecular weight excluding hydrogens is 334 g/mol. The van der Waals surface area contributed by atoms with Crippen LogP contribution in [0.15, 0.2) is 54.7 Å². The molecule has 0 spiro atoms. The van der Waals surface area contributed by atoms with Gasteiger partial charge in [0, 0.05) is 17.1 Å². The topological polar surface area (TPSA) is 91.8 Å². The van der Waals surface area contributed by atoms with E-state index >= 15 is 0 Å². The van der Waals surface area contributed by atoms with E-state index in [0.717, 1.165) is 16.5 Å². The summed E-state index contributed by atoms with van der Waals surface area (Å²) in [4.78, 5) is 30.1. The van der Waals surface area contributed by atoms with Crippen LogP contribution in [0.4, 0.5) is 5.69 Å². The Hall–Kier alpha value is -3.45. The molecule has 0 unspecified atom stereocenters. The highest BCUT2D eigenvalue weighted by Crippen LogP contribution is 2.34. The van der Waals surface area contributed by atoms with E-state index in [0.29, 0.717) is 18.0 Å². The molecule has 0 radical (unpaired) electrons. The maximum Gasteiger partial charge on any atom is 0.274 e. The van der Waals surface area contributed by atoms with Crippen molar-refractivity contribution in [3.8, 4) is 5.75 Å². The van der Waals surface area contributed by atoms with Crippen LogP contribution in [0, 0.1) is 0 Å². The molecule has 2 aromatic carbocycles. The largest absolute Gasteiger partial charge is 0.482 e. The number of hydroxylamine groups is 1. The van der Waals surface area contributed by atoms with E-state index in [9.17, 15) is 9.59 Å². The molecule has 26 heavy (non-hydrogen) atoms. The molecule has 3 aromatic rings. The summed E-state index contributed by atoms with van der Waals surface area (Å²) in [7, 11) is 0. The number of hydrogen-bond donors (Lipinski definition) is 2. The average Bonchev–Trinajstić information content (AvgIpc) is 2.69. The number of benzene rings is 2. The average molecular weight is 349 g/mol. The minimum atomic E-state index is -0.654. The molecule has 7 nitrogen and oxygen atoms in total. The molecule has 1 aromatic heterocycles. The predicted octanol–water partition coefficient (Wildman–Crippen LogP) is 2.28. The van der Waals surface area contributed by atoms with Gasteiger partial charge in [0.15, 0.2) is 6.61 Å². The number of carbonyl (C=O) groups is 2. The van der Waals surface area contributed by atoms with Crippen molar-refractivity contribution in [1.82, 2.24) is 10.5 Å². The molecule has 2 N–H and O–H groups in total. The van der Waals surface area contributed by atoms with E-state index in [-0.39, 0.29) is 18.1 Å². The highest BCUT2D eigenvalue weighted by atomic mass is 16.5. The van der Waals surface area contributed by atoms with Gasteiger partial charge in [0.05, 0.1) is 17.7 Å².